The number of nitrogens with zero attached hydrogens (tertiary/aromatic N) is 8. The Morgan fingerprint density at radius 1 is 1.00 bits per heavy atom. The molecule has 12 heteroatoms. The summed E-state index contributed by atoms with van der Waals surface area (Å²) >= 11 is 0. The maximum absolute atomic E-state index is 13.8. The Hall–Kier alpha value is -4.71. The second-order valence-corrected chi connectivity index (χ2v) is 9.98. The first-order chi connectivity index (χ1) is 19.9. The van der Waals surface area contributed by atoms with Crippen molar-refractivity contribution in [3.05, 3.63) is 78.3 Å². The third-order valence-corrected chi connectivity index (χ3v) is 7.15. The second-order valence-electron chi connectivity index (χ2n) is 9.98. The topological polar surface area (TPSA) is 96.5 Å². The normalized spacial score (nSPS) is 14.1. The van der Waals surface area contributed by atoms with E-state index in [1.54, 1.807) is 22.8 Å². The molecule has 1 aliphatic rings. The van der Waals surface area contributed by atoms with Crippen LogP contribution in [-0.4, -0.2) is 72.9 Å². The third-order valence-electron chi connectivity index (χ3n) is 7.15. The predicted octanol–water partition coefficient (Wildman–Crippen LogP) is 4.25. The zero-order valence-electron chi connectivity index (χ0n) is 22.8. The van der Waals surface area contributed by atoms with Crippen molar-refractivity contribution in [2.24, 2.45) is 7.05 Å². The van der Waals surface area contributed by atoms with Crippen LogP contribution >= 0.6 is 0 Å². The number of pyridine rings is 1. The Labute approximate surface area is 235 Å². The van der Waals surface area contributed by atoms with E-state index in [-0.39, 0.29) is 17.2 Å². The van der Waals surface area contributed by atoms with Crippen LogP contribution in [-0.2, 0) is 7.05 Å². The number of carbonyl (C=O) groups excluding carboxylic acids is 1. The van der Waals surface area contributed by atoms with E-state index >= 15 is 0 Å². The van der Waals surface area contributed by atoms with Gasteiger partial charge in [-0.1, -0.05) is 6.92 Å². The molecule has 0 spiro atoms. The highest BCUT2D eigenvalue weighted by molar-refractivity contribution is 6.03. The predicted molar refractivity (Wildman–Crippen MR) is 152 cm³/mol. The molecule has 1 fully saturated rings. The van der Waals surface area contributed by atoms with Crippen molar-refractivity contribution in [3.8, 4) is 22.5 Å². The van der Waals surface area contributed by atoms with E-state index in [4.69, 9.17) is 10.2 Å². The molecule has 4 aromatic heterocycles. The lowest BCUT2D eigenvalue weighted by molar-refractivity contribution is 0.102. The molecule has 0 unspecified atom stereocenters. The minimum Gasteiger partial charge on any atom is -0.354 e. The summed E-state index contributed by atoms with van der Waals surface area (Å²) in [4.78, 5) is 25.3. The minimum atomic E-state index is -0.741. The lowest BCUT2D eigenvalue weighted by Gasteiger charge is -2.36. The Balaban J connectivity index is 1.38. The molecule has 1 aliphatic heterocycles. The number of aryl methyl sites for hydroxylation is 1. The molecule has 0 saturated carbocycles. The van der Waals surface area contributed by atoms with E-state index in [1.807, 2.05) is 23.9 Å². The summed E-state index contributed by atoms with van der Waals surface area (Å²) in [6.45, 7) is 6.84. The Kier molecular flexibility index (Phi) is 7.14. The number of aromatic nitrogens is 6. The first-order valence-corrected chi connectivity index (χ1v) is 13.5. The zero-order chi connectivity index (χ0) is 28.5. The molecule has 5 aromatic rings. The fourth-order valence-electron chi connectivity index (χ4n) is 5.23. The minimum absolute atomic E-state index is 0.131. The quantitative estimate of drug-likeness (QED) is 0.299. The van der Waals surface area contributed by atoms with Gasteiger partial charge in [0.2, 0.25) is 5.95 Å². The van der Waals surface area contributed by atoms with Gasteiger partial charge in [0.05, 0.1) is 17.5 Å². The number of hydrogen-bond acceptors (Lipinski definition) is 7. The van der Waals surface area contributed by atoms with Gasteiger partial charge in [0.25, 0.3) is 5.91 Å². The van der Waals surface area contributed by atoms with Gasteiger partial charge in [-0.3, -0.25) is 14.4 Å². The summed E-state index contributed by atoms with van der Waals surface area (Å²) in [6, 6.07) is 12.4. The molecule has 1 amide bonds. The number of benzene rings is 1. The highest BCUT2D eigenvalue weighted by atomic mass is 19.1. The molecule has 0 atom stereocenters. The number of rotatable bonds is 7. The van der Waals surface area contributed by atoms with Crippen molar-refractivity contribution in [1.82, 2.24) is 34.3 Å². The molecule has 41 heavy (non-hydrogen) atoms. The zero-order valence-corrected chi connectivity index (χ0v) is 22.8. The number of nitrogens with one attached hydrogen (secondary N) is 1. The van der Waals surface area contributed by atoms with Crippen molar-refractivity contribution >= 4 is 23.2 Å². The van der Waals surface area contributed by atoms with Gasteiger partial charge in [-0.15, -0.1) is 0 Å². The van der Waals surface area contributed by atoms with E-state index in [9.17, 15) is 13.6 Å². The van der Waals surface area contributed by atoms with Crippen molar-refractivity contribution in [1.29, 1.82) is 0 Å². The van der Waals surface area contributed by atoms with Gasteiger partial charge in [-0.2, -0.15) is 14.6 Å². The van der Waals surface area contributed by atoms with Crippen LogP contribution in [0.1, 0.15) is 23.7 Å². The Morgan fingerprint density at radius 2 is 1.78 bits per heavy atom. The van der Waals surface area contributed by atoms with E-state index in [0.717, 1.165) is 62.2 Å². The first-order valence-electron chi connectivity index (χ1n) is 13.5. The molecule has 0 radical (unpaired) electrons. The van der Waals surface area contributed by atoms with Crippen LogP contribution in [0.25, 0.3) is 28.2 Å². The van der Waals surface area contributed by atoms with Gasteiger partial charge in [-0.05, 0) is 55.4 Å². The van der Waals surface area contributed by atoms with Crippen LogP contribution in [0.3, 0.4) is 0 Å². The third kappa shape index (κ3) is 5.38. The molecule has 1 aromatic carbocycles. The molecule has 5 heterocycles. The van der Waals surface area contributed by atoms with Gasteiger partial charge >= 0.3 is 0 Å². The standard InChI is InChI=1S/C29H29F2N9O/c1-3-12-38-13-15-39(16-14-38)29-26(27(36-37(29)2)19-4-6-21(30)7-5-19)22-8-9-25-33-24(18-40(25)35-22)34-28(41)20-10-11-32-23(31)17-20/h4-11,17-18H,3,12-16H2,1-2H3,(H,34,41). The summed E-state index contributed by atoms with van der Waals surface area (Å²) < 4.78 is 30.7. The summed E-state index contributed by atoms with van der Waals surface area (Å²) in [6.07, 6.45) is 3.95. The largest absolute Gasteiger partial charge is 0.354 e. The monoisotopic (exact) mass is 557 g/mol. The molecule has 1 N–H and O–H groups in total. The Bertz CT molecular complexity index is 1710. The highest BCUT2D eigenvalue weighted by Gasteiger charge is 2.27. The lowest BCUT2D eigenvalue weighted by atomic mass is 10.0. The van der Waals surface area contributed by atoms with E-state index < -0.39 is 11.9 Å². The summed E-state index contributed by atoms with van der Waals surface area (Å²) in [5.41, 5.74) is 3.61. The van der Waals surface area contributed by atoms with Crippen LogP contribution in [0.5, 0.6) is 0 Å². The second kappa shape index (κ2) is 11.0. The van der Waals surface area contributed by atoms with E-state index in [2.05, 4.69) is 32.0 Å². The van der Waals surface area contributed by atoms with Gasteiger partial charge in [0, 0.05) is 56.6 Å². The molecular formula is C29H29F2N9O. The van der Waals surface area contributed by atoms with Crippen molar-refractivity contribution < 1.29 is 13.6 Å². The van der Waals surface area contributed by atoms with E-state index in [1.165, 1.54) is 24.4 Å². The van der Waals surface area contributed by atoms with Crippen LogP contribution in [0.2, 0.25) is 0 Å². The van der Waals surface area contributed by atoms with Gasteiger partial charge in [-0.25, -0.2) is 18.9 Å². The van der Waals surface area contributed by atoms with Crippen LogP contribution in [0, 0.1) is 11.8 Å². The van der Waals surface area contributed by atoms with Crippen molar-refractivity contribution in [3.63, 3.8) is 0 Å². The van der Waals surface area contributed by atoms with Crippen LogP contribution < -0.4 is 10.2 Å². The fourth-order valence-corrected chi connectivity index (χ4v) is 5.23. The van der Waals surface area contributed by atoms with E-state index in [0.29, 0.717) is 17.0 Å². The van der Waals surface area contributed by atoms with Gasteiger partial charge in [0.1, 0.15) is 17.3 Å². The van der Waals surface area contributed by atoms with Crippen LogP contribution in [0.4, 0.5) is 20.4 Å². The Morgan fingerprint density at radius 3 is 2.51 bits per heavy atom. The lowest BCUT2D eigenvalue weighted by Crippen LogP contribution is -2.47. The number of anilines is 2. The maximum atomic E-state index is 13.8. The van der Waals surface area contributed by atoms with Gasteiger partial charge < -0.3 is 10.2 Å². The fraction of sp³-hybridized carbons (Fsp3) is 0.276. The number of fused-ring (bicyclic) bond motifs is 1. The molecule has 0 bridgehead atoms. The number of amides is 1. The molecule has 1 saturated heterocycles. The summed E-state index contributed by atoms with van der Waals surface area (Å²) in [5.74, 6) is -0.365. The summed E-state index contributed by atoms with van der Waals surface area (Å²) in [5, 5.41) is 12.4. The SMILES string of the molecule is CCCN1CCN(c2c(-c3ccc4nc(NC(=O)c5ccnc(F)c5)cn4n3)c(-c3ccc(F)cc3)nn2C)CC1. The first kappa shape index (κ1) is 26.5. The molecular weight excluding hydrogens is 528 g/mol. The number of carbonyl (C=O) groups is 1. The average molecular weight is 558 g/mol. The van der Waals surface area contributed by atoms with Gasteiger partial charge in [0.15, 0.2) is 11.5 Å². The van der Waals surface area contributed by atoms with Crippen LogP contribution in [0.15, 0.2) is 60.9 Å². The number of imidazole rings is 1. The van der Waals surface area contributed by atoms with Crippen molar-refractivity contribution in [2.45, 2.75) is 13.3 Å². The smallest absolute Gasteiger partial charge is 0.257 e. The maximum Gasteiger partial charge on any atom is 0.257 e. The molecule has 10 nitrogen and oxygen atoms in total. The molecule has 0 aliphatic carbocycles. The van der Waals surface area contributed by atoms with Crippen molar-refractivity contribution in [2.75, 3.05) is 42.9 Å². The average Bonchev–Trinajstić information content (AvgIpc) is 3.53. The molecule has 6 rings (SSSR count). The molecule has 210 valence electrons. The summed E-state index contributed by atoms with van der Waals surface area (Å²) in [7, 11) is 1.91. The number of halogens is 2. The number of piperazine rings is 1. The number of hydrogen-bond donors (Lipinski definition) is 1. The highest BCUT2D eigenvalue weighted by Crippen LogP contribution is 2.39.